The van der Waals surface area contributed by atoms with Crippen LogP contribution in [0.1, 0.15) is 5.56 Å². The van der Waals surface area contributed by atoms with Crippen molar-refractivity contribution in [2.45, 2.75) is 4.90 Å². The van der Waals surface area contributed by atoms with E-state index in [9.17, 15) is 12.8 Å². The van der Waals surface area contributed by atoms with Gasteiger partial charge in [0.25, 0.3) is 10.0 Å². The molecule has 6 nitrogen and oxygen atoms in total. The Bertz CT molecular complexity index is 741. The van der Waals surface area contributed by atoms with E-state index in [4.69, 9.17) is 5.26 Å². The third kappa shape index (κ3) is 2.83. The molecule has 0 radical (unpaired) electrons. The number of rotatable bonds is 3. The highest BCUT2D eigenvalue weighted by Crippen LogP contribution is 2.16. The van der Waals surface area contributed by atoms with E-state index < -0.39 is 15.8 Å². The highest BCUT2D eigenvalue weighted by molar-refractivity contribution is 7.92. The standard InChI is InChI=1S/C11H7FN4O2S/c12-10-2-1-9(5-8(10)6-13)19(17,18)16-11-7-14-3-4-15-11/h1-5,7H,(H,15,16). The maximum Gasteiger partial charge on any atom is 0.263 e. The maximum absolute atomic E-state index is 13.1. The van der Waals surface area contributed by atoms with Gasteiger partial charge >= 0.3 is 0 Å². The number of halogens is 1. The van der Waals surface area contributed by atoms with Crippen molar-refractivity contribution in [2.24, 2.45) is 0 Å². The average molecular weight is 278 g/mol. The number of hydrogen-bond acceptors (Lipinski definition) is 5. The number of benzene rings is 1. The molecular formula is C11H7FN4O2S. The molecule has 2 aromatic rings. The largest absolute Gasteiger partial charge is 0.263 e. The molecule has 0 bridgehead atoms. The van der Waals surface area contributed by atoms with Gasteiger partial charge < -0.3 is 0 Å². The molecule has 0 aliphatic carbocycles. The van der Waals surface area contributed by atoms with Gasteiger partial charge in [0, 0.05) is 12.4 Å². The predicted octanol–water partition coefficient (Wildman–Crippen LogP) is 1.29. The van der Waals surface area contributed by atoms with Crippen LogP contribution in [0.15, 0.2) is 41.7 Å². The molecule has 2 rings (SSSR count). The lowest BCUT2D eigenvalue weighted by Crippen LogP contribution is -2.14. The van der Waals surface area contributed by atoms with Gasteiger partial charge in [-0.1, -0.05) is 0 Å². The summed E-state index contributed by atoms with van der Waals surface area (Å²) in [5, 5.41) is 8.67. The molecular weight excluding hydrogens is 271 g/mol. The van der Waals surface area contributed by atoms with Crippen molar-refractivity contribution >= 4 is 15.8 Å². The van der Waals surface area contributed by atoms with Crippen LogP contribution in [0, 0.1) is 17.1 Å². The number of nitriles is 1. The van der Waals surface area contributed by atoms with Crippen LogP contribution in [0.4, 0.5) is 10.2 Å². The minimum atomic E-state index is -3.93. The van der Waals surface area contributed by atoms with Gasteiger partial charge in [0.15, 0.2) is 5.82 Å². The minimum Gasteiger partial charge on any atom is -0.262 e. The van der Waals surface area contributed by atoms with E-state index in [1.807, 2.05) is 0 Å². The van der Waals surface area contributed by atoms with E-state index in [2.05, 4.69) is 14.7 Å². The molecule has 0 amide bonds. The average Bonchev–Trinajstić information content (AvgIpc) is 2.39. The topological polar surface area (TPSA) is 95.7 Å². The number of aromatic nitrogens is 2. The number of sulfonamides is 1. The summed E-state index contributed by atoms with van der Waals surface area (Å²) in [6.45, 7) is 0. The molecule has 1 heterocycles. The highest BCUT2D eigenvalue weighted by Gasteiger charge is 2.17. The zero-order valence-corrected chi connectivity index (χ0v) is 10.2. The van der Waals surface area contributed by atoms with Gasteiger partial charge in [0.05, 0.1) is 16.7 Å². The number of hydrogen-bond donors (Lipinski definition) is 1. The smallest absolute Gasteiger partial charge is 0.262 e. The predicted molar refractivity (Wildman–Crippen MR) is 64.0 cm³/mol. The molecule has 19 heavy (non-hydrogen) atoms. The Balaban J connectivity index is 2.38. The van der Waals surface area contributed by atoms with Crippen LogP contribution in [0.2, 0.25) is 0 Å². The van der Waals surface area contributed by atoms with Crippen molar-refractivity contribution in [1.82, 2.24) is 9.97 Å². The maximum atomic E-state index is 13.1. The Morgan fingerprint density at radius 3 is 2.74 bits per heavy atom. The first-order chi connectivity index (χ1) is 9.03. The van der Waals surface area contributed by atoms with Gasteiger partial charge in [-0.2, -0.15) is 5.26 Å². The molecule has 0 unspecified atom stereocenters. The molecule has 1 aromatic carbocycles. The molecule has 1 N–H and O–H groups in total. The van der Waals surface area contributed by atoms with Crippen LogP contribution in [0.3, 0.4) is 0 Å². The van der Waals surface area contributed by atoms with Gasteiger partial charge in [-0.15, -0.1) is 0 Å². The number of nitrogens with zero attached hydrogens (tertiary/aromatic N) is 3. The third-order valence-corrected chi connectivity index (χ3v) is 3.52. The van der Waals surface area contributed by atoms with Crippen LogP contribution in [-0.4, -0.2) is 18.4 Å². The molecule has 96 valence electrons. The normalized spacial score (nSPS) is 10.7. The lowest BCUT2D eigenvalue weighted by molar-refractivity contribution is 0.599. The molecule has 0 saturated heterocycles. The first-order valence-electron chi connectivity index (χ1n) is 5.01. The summed E-state index contributed by atoms with van der Waals surface area (Å²) in [7, 11) is -3.93. The van der Waals surface area contributed by atoms with E-state index in [1.165, 1.54) is 18.6 Å². The monoisotopic (exact) mass is 278 g/mol. The quantitative estimate of drug-likeness (QED) is 0.912. The minimum absolute atomic E-state index is 0.0327. The van der Waals surface area contributed by atoms with Crippen molar-refractivity contribution in [3.63, 3.8) is 0 Å². The fraction of sp³-hybridized carbons (Fsp3) is 0. The first-order valence-corrected chi connectivity index (χ1v) is 6.50. The van der Waals surface area contributed by atoms with Gasteiger partial charge in [-0.3, -0.25) is 9.71 Å². The van der Waals surface area contributed by atoms with E-state index in [-0.39, 0.29) is 16.3 Å². The van der Waals surface area contributed by atoms with Crippen molar-refractivity contribution < 1.29 is 12.8 Å². The fourth-order valence-electron chi connectivity index (χ4n) is 1.31. The molecule has 0 spiro atoms. The van der Waals surface area contributed by atoms with Gasteiger partial charge in [0.2, 0.25) is 0 Å². The first kappa shape index (κ1) is 12.9. The van der Waals surface area contributed by atoms with Gasteiger partial charge in [0.1, 0.15) is 11.9 Å². The Hall–Kier alpha value is -2.53. The number of anilines is 1. The van der Waals surface area contributed by atoms with Crippen molar-refractivity contribution in [3.8, 4) is 6.07 Å². The lowest BCUT2D eigenvalue weighted by atomic mass is 10.2. The lowest BCUT2D eigenvalue weighted by Gasteiger charge is -2.07. The summed E-state index contributed by atoms with van der Waals surface area (Å²) in [5.74, 6) is -0.744. The summed E-state index contributed by atoms with van der Waals surface area (Å²) < 4.78 is 39.2. The highest BCUT2D eigenvalue weighted by atomic mass is 32.2. The Kier molecular flexibility index (Phi) is 3.39. The summed E-state index contributed by atoms with van der Waals surface area (Å²) in [6, 6.07) is 4.51. The van der Waals surface area contributed by atoms with E-state index in [0.717, 1.165) is 18.2 Å². The second kappa shape index (κ2) is 4.99. The second-order valence-electron chi connectivity index (χ2n) is 3.45. The van der Waals surface area contributed by atoms with Crippen LogP contribution >= 0.6 is 0 Å². The van der Waals surface area contributed by atoms with Crippen LogP contribution in [0.25, 0.3) is 0 Å². The Morgan fingerprint density at radius 1 is 1.32 bits per heavy atom. The second-order valence-corrected chi connectivity index (χ2v) is 5.13. The van der Waals surface area contributed by atoms with E-state index >= 15 is 0 Å². The summed E-state index contributed by atoms with van der Waals surface area (Å²) in [6.07, 6.45) is 3.94. The molecule has 0 aliphatic heterocycles. The fourth-order valence-corrected chi connectivity index (χ4v) is 2.32. The van der Waals surface area contributed by atoms with Gasteiger partial charge in [-0.25, -0.2) is 17.8 Å². The molecule has 0 fully saturated rings. The molecule has 0 atom stereocenters. The third-order valence-electron chi connectivity index (χ3n) is 2.17. The zero-order valence-electron chi connectivity index (χ0n) is 9.41. The Labute approximate surface area is 108 Å². The Morgan fingerprint density at radius 2 is 2.11 bits per heavy atom. The molecule has 0 aliphatic rings. The molecule has 8 heteroatoms. The van der Waals surface area contributed by atoms with E-state index in [1.54, 1.807) is 6.07 Å². The number of nitrogens with one attached hydrogen (secondary N) is 1. The SMILES string of the molecule is N#Cc1cc(S(=O)(=O)Nc2cnccn2)ccc1F. The summed E-state index contributed by atoms with van der Waals surface area (Å²) in [4.78, 5) is 7.24. The van der Waals surface area contributed by atoms with Gasteiger partial charge in [-0.05, 0) is 18.2 Å². The van der Waals surface area contributed by atoms with Crippen molar-refractivity contribution in [2.75, 3.05) is 4.72 Å². The summed E-state index contributed by atoms with van der Waals surface area (Å²) >= 11 is 0. The molecule has 1 aromatic heterocycles. The summed E-state index contributed by atoms with van der Waals surface area (Å²) in [5.41, 5.74) is -0.345. The van der Waals surface area contributed by atoms with Crippen molar-refractivity contribution in [3.05, 3.63) is 48.2 Å². The van der Waals surface area contributed by atoms with Crippen LogP contribution in [-0.2, 0) is 10.0 Å². The zero-order chi connectivity index (χ0) is 13.9. The van der Waals surface area contributed by atoms with Crippen molar-refractivity contribution in [1.29, 1.82) is 5.26 Å². The van der Waals surface area contributed by atoms with Crippen LogP contribution in [0.5, 0.6) is 0 Å². The van der Waals surface area contributed by atoms with Crippen LogP contribution < -0.4 is 4.72 Å². The van der Waals surface area contributed by atoms with E-state index in [0.29, 0.717) is 0 Å². The molecule has 0 saturated carbocycles.